The Bertz CT molecular complexity index is 172. The minimum Gasteiger partial charge on any atom is -0.382 e. The quantitative estimate of drug-likeness (QED) is 0.625. The highest BCUT2D eigenvalue weighted by atomic mass is 32.2. The van der Waals surface area contributed by atoms with E-state index in [1.165, 1.54) is 0 Å². The van der Waals surface area contributed by atoms with Gasteiger partial charge in [-0.05, 0) is 13.3 Å². The van der Waals surface area contributed by atoms with E-state index < -0.39 is 0 Å². The van der Waals surface area contributed by atoms with Gasteiger partial charge in [0.15, 0.2) is 0 Å². The Kier molecular flexibility index (Phi) is 5.98. The summed E-state index contributed by atoms with van der Waals surface area (Å²) in [5.74, 6) is 1.89. The lowest BCUT2D eigenvalue weighted by Gasteiger charge is -2.09. The summed E-state index contributed by atoms with van der Waals surface area (Å²) < 4.78 is 5.17. The fraction of sp³-hybridized carbons (Fsp3) is 0.889. The Morgan fingerprint density at radius 2 is 2.57 bits per heavy atom. The average molecular weight is 218 g/mol. The van der Waals surface area contributed by atoms with Crippen molar-refractivity contribution in [3.63, 3.8) is 0 Å². The highest BCUT2D eigenvalue weighted by Gasteiger charge is 2.21. The number of carbonyl (C=O) groups excluding carboxylic acids is 1. The molecule has 1 saturated heterocycles. The monoisotopic (exact) mass is 218 g/mol. The molecule has 5 heteroatoms. The number of nitrogens with one attached hydrogen (secondary N) is 2. The van der Waals surface area contributed by atoms with E-state index in [1.54, 1.807) is 11.8 Å². The fourth-order valence-electron chi connectivity index (χ4n) is 1.22. The third kappa shape index (κ3) is 4.30. The lowest BCUT2D eigenvalue weighted by molar-refractivity contribution is -0.122. The van der Waals surface area contributed by atoms with Gasteiger partial charge in [0, 0.05) is 31.4 Å². The minimum atomic E-state index is 0.00657. The molecule has 0 aromatic carbocycles. The van der Waals surface area contributed by atoms with E-state index in [4.69, 9.17) is 4.74 Å². The van der Waals surface area contributed by atoms with Gasteiger partial charge in [0.2, 0.25) is 5.91 Å². The first-order valence-corrected chi connectivity index (χ1v) is 6.16. The largest absolute Gasteiger partial charge is 0.382 e. The maximum Gasteiger partial charge on any atom is 0.238 e. The molecule has 2 N–H and O–H groups in total. The normalized spacial score (nSPS) is 21.1. The number of ether oxygens (including phenoxy) is 1. The molecule has 0 aliphatic carbocycles. The van der Waals surface area contributed by atoms with Crippen LogP contribution in [0.1, 0.15) is 13.3 Å². The summed E-state index contributed by atoms with van der Waals surface area (Å²) in [6, 6.07) is 0.00657. The highest BCUT2D eigenvalue weighted by molar-refractivity contribution is 7.99. The van der Waals surface area contributed by atoms with Gasteiger partial charge in [-0.15, -0.1) is 11.8 Å². The molecular formula is C9H18N2O2S. The van der Waals surface area contributed by atoms with Gasteiger partial charge < -0.3 is 10.1 Å². The molecule has 1 atom stereocenters. The van der Waals surface area contributed by atoms with Gasteiger partial charge in [-0.1, -0.05) is 0 Å². The molecule has 14 heavy (non-hydrogen) atoms. The van der Waals surface area contributed by atoms with E-state index in [-0.39, 0.29) is 11.9 Å². The summed E-state index contributed by atoms with van der Waals surface area (Å²) >= 11 is 1.76. The zero-order valence-corrected chi connectivity index (χ0v) is 9.36. The van der Waals surface area contributed by atoms with Crippen molar-refractivity contribution in [2.24, 2.45) is 0 Å². The van der Waals surface area contributed by atoms with Crippen molar-refractivity contribution in [1.82, 2.24) is 10.6 Å². The van der Waals surface area contributed by atoms with Crippen molar-refractivity contribution in [2.45, 2.75) is 19.4 Å². The van der Waals surface area contributed by atoms with Gasteiger partial charge in [0.25, 0.3) is 0 Å². The van der Waals surface area contributed by atoms with Gasteiger partial charge >= 0.3 is 0 Å². The molecule has 0 bridgehead atoms. The SMILES string of the molecule is CCOCCCNC(=O)C1CSCN1. The van der Waals surface area contributed by atoms with Crippen LogP contribution in [0.15, 0.2) is 0 Å². The fourth-order valence-corrected chi connectivity index (χ4v) is 2.16. The van der Waals surface area contributed by atoms with Crippen LogP contribution in [0, 0.1) is 0 Å². The molecule has 4 nitrogen and oxygen atoms in total. The number of amides is 1. The first-order valence-electron chi connectivity index (χ1n) is 5.01. The number of carbonyl (C=O) groups is 1. The summed E-state index contributed by atoms with van der Waals surface area (Å²) in [7, 11) is 0. The second-order valence-corrected chi connectivity index (χ2v) is 4.14. The van der Waals surface area contributed by atoms with Crippen LogP contribution in [0.2, 0.25) is 0 Å². The smallest absolute Gasteiger partial charge is 0.238 e. The second-order valence-electron chi connectivity index (χ2n) is 3.11. The van der Waals surface area contributed by atoms with Gasteiger partial charge in [-0.3, -0.25) is 10.1 Å². The predicted octanol–water partition coefficient (Wildman–Crippen LogP) is 0.192. The molecule has 0 aromatic heterocycles. The van der Waals surface area contributed by atoms with Crippen LogP contribution in [0.4, 0.5) is 0 Å². The van der Waals surface area contributed by atoms with Crippen LogP contribution < -0.4 is 10.6 Å². The summed E-state index contributed by atoms with van der Waals surface area (Å²) in [6.45, 7) is 4.15. The van der Waals surface area contributed by atoms with Gasteiger partial charge in [0.05, 0.1) is 6.04 Å². The maximum absolute atomic E-state index is 11.5. The Morgan fingerprint density at radius 3 is 3.21 bits per heavy atom. The summed E-state index contributed by atoms with van der Waals surface area (Å²) in [5, 5.41) is 6.02. The zero-order valence-electron chi connectivity index (χ0n) is 8.54. The van der Waals surface area contributed by atoms with Crippen molar-refractivity contribution in [1.29, 1.82) is 0 Å². The Labute approximate surface area is 89.2 Å². The van der Waals surface area contributed by atoms with Crippen molar-refractivity contribution in [2.75, 3.05) is 31.4 Å². The van der Waals surface area contributed by atoms with E-state index in [2.05, 4.69) is 10.6 Å². The molecule has 1 aliphatic heterocycles. The molecule has 0 aromatic rings. The molecule has 1 rings (SSSR count). The first kappa shape index (κ1) is 11.8. The van der Waals surface area contributed by atoms with Crippen molar-refractivity contribution in [3.8, 4) is 0 Å². The first-order chi connectivity index (χ1) is 6.84. The number of hydrogen-bond acceptors (Lipinski definition) is 4. The molecule has 1 amide bonds. The van der Waals surface area contributed by atoms with E-state index >= 15 is 0 Å². The molecule has 1 aliphatic rings. The average Bonchev–Trinajstić information content (AvgIpc) is 2.70. The summed E-state index contributed by atoms with van der Waals surface area (Å²) in [4.78, 5) is 11.5. The summed E-state index contributed by atoms with van der Waals surface area (Å²) in [5.41, 5.74) is 0. The molecule has 0 spiro atoms. The van der Waals surface area contributed by atoms with Crippen LogP contribution in [0.5, 0.6) is 0 Å². The second kappa shape index (κ2) is 7.09. The maximum atomic E-state index is 11.5. The molecule has 0 saturated carbocycles. The van der Waals surface area contributed by atoms with Crippen molar-refractivity contribution < 1.29 is 9.53 Å². The van der Waals surface area contributed by atoms with E-state index in [1.807, 2.05) is 6.92 Å². The van der Waals surface area contributed by atoms with Gasteiger partial charge in [0.1, 0.15) is 0 Å². The molecule has 1 unspecified atom stereocenters. The molecule has 1 heterocycles. The van der Waals surface area contributed by atoms with Gasteiger partial charge in [-0.2, -0.15) is 0 Å². The van der Waals surface area contributed by atoms with Crippen molar-refractivity contribution >= 4 is 17.7 Å². The standard InChI is InChI=1S/C9H18N2O2S/c1-2-13-5-3-4-10-9(12)8-6-14-7-11-8/h8,11H,2-7H2,1H3,(H,10,12). The number of thioether (sulfide) groups is 1. The van der Waals surface area contributed by atoms with Crippen LogP contribution in [-0.4, -0.2) is 43.3 Å². The lowest BCUT2D eigenvalue weighted by atomic mass is 10.3. The minimum absolute atomic E-state index is 0.00657. The van der Waals surface area contributed by atoms with E-state index in [9.17, 15) is 4.79 Å². The Hall–Kier alpha value is -0.260. The molecule has 82 valence electrons. The highest BCUT2D eigenvalue weighted by Crippen LogP contribution is 2.08. The van der Waals surface area contributed by atoms with Crippen LogP contribution in [0.25, 0.3) is 0 Å². The third-order valence-corrected chi connectivity index (χ3v) is 2.94. The van der Waals surface area contributed by atoms with Crippen LogP contribution >= 0.6 is 11.8 Å². The summed E-state index contributed by atoms with van der Waals surface area (Å²) in [6.07, 6.45) is 0.888. The van der Waals surface area contributed by atoms with E-state index in [0.717, 1.165) is 31.3 Å². The Morgan fingerprint density at radius 1 is 1.71 bits per heavy atom. The predicted molar refractivity (Wildman–Crippen MR) is 58.4 cm³/mol. The number of rotatable bonds is 6. The topological polar surface area (TPSA) is 50.4 Å². The number of hydrogen-bond donors (Lipinski definition) is 2. The molecule has 1 fully saturated rings. The zero-order chi connectivity index (χ0) is 10.2. The third-order valence-electron chi connectivity index (χ3n) is 2.00. The molecular weight excluding hydrogens is 200 g/mol. The van der Waals surface area contributed by atoms with Crippen LogP contribution in [0.3, 0.4) is 0 Å². The molecule has 0 radical (unpaired) electrons. The van der Waals surface area contributed by atoms with E-state index in [0.29, 0.717) is 6.54 Å². The van der Waals surface area contributed by atoms with Crippen LogP contribution in [-0.2, 0) is 9.53 Å². The van der Waals surface area contributed by atoms with Crippen molar-refractivity contribution in [3.05, 3.63) is 0 Å². The lowest BCUT2D eigenvalue weighted by Crippen LogP contribution is -2.42. The van der Waals surface area contributed by atoms with Gasteiger partial charge in [-0.25, -0.2) is 0 Å². The Balaban J connectivity index is 1.97.